The maximum absolute atomic E-state index is 12.7. The summed E-state index contributed by atoms with van der Waals surface area (Å²) in [7, 11) is 0. The third kappa shape index (κ3) is 10.1. The first kappa shape index (κ1) is 27.5. The molecule has 0 aromatic heterocycles. The maximum Gasteiger partial charge on any atom is 0.326 e. The lowest BCUT2D eigenvalue weighted by molar-refractivity contribution is -0.142. The highest BCUT2D eigenvalue weighted by Crippen LogP contribution is 2.07. The van der Waals surface area contributed by atoms with E-state index in [9.17, 15) is 24.3 Å². The Labute approximate surface area is 193 Å². The Morgan fingerprint density at radius 1 is 1.10 bits per heavy atom. The van der Waals surface area contributed by atoms with E-state index < -0.39 is 35.9 Å². The Morgan fingerprint density at radius 2 is 1.77 bits per heavy atom. The summed E-state index contributed by atoms with van der Waals surface area (Å²) in [4.78, 5) is 49.3. The molecule has 0 bridgehead atoms. The fraction of sp³-hybridized carbons (Fsp3) is 0.789. The number of thioether (sulfide) groups is 1. The van der Waals surface area contributed by atoms with Crippen LogP contribution in [0.4, 0.5) is 0 Å². The van der Waals surface area contributed by atoms with Crippen LogP contribution in [0.15, 0.2) is 0 Å². The van der Waals surface area contributed by atoms with Gasteiger partial charge in [-0.15, -0.1) is 0 Å². The molecule has 1 aliphatic heterocycles. The molecule has 0 aromatic rings. The summed E-state index contributed by atoms with van der Waals surface area (Å²) in [6.07, 6.45) is 5.26. The second-order valence-electron chi connectivity index (χ2n) is 7.42. The average molecular weight is 478 g/mol. The first-order chi connectivity index (χ1) is 14.8. The zero-order valence-corrected chi connectivity index (χ0v) is 19.6. The van der Waals surface area contributed by atoms with E-state index in [0.717, 1.165) is 13.0 Å². The molecule has 10 nitrogen and oxygen atoms in total. The van der Waals surface area contributed by atoms with Gasteiger partial charge in [-0.25, -0.2) is 4.79 Å². The molecule has 4 unspecified atom stereocenters. The van der Waals surface area contributed by atoms with Crippen molar-refractivity contribution in [1.29, 1.82) is 0 Å². The zero-order chi connectivity index (χ0) is 23.2. The predicted octanol–water partition coefficient (Wildman–Crippen LogP) is -0.911. The summed E-state index contributed by atoms with van der Waals surface area (Å²) in [5, 5.41) is 20.3. The molecule has 0 spiro atoms. The largest absolute Gasteiger partial charge is 0.480 e. The van der Waals surface area contributed by atoms with Crippen LogP contribution in [0.3, 0.4) is 0 Å². The standard InChI is InChI=1S/C19H35N5O5S2/c1-31-10-7-14(19(28)29)23-17(26)13(5-2-3-8-20)22-18(27)15(11-30)24-16(25)12-6-4-9-21-12/h12-15,21,30H,2-11,20H2,1H3,(H,22,27)(H,23,26)(H,24,25)(H,28,29). The molecule has 31 heavy (non-hydrogen) atoms. The number of carbonyl (C=O) groups excluding carboxylic acids is 3. The molecule has 4 atom stereocenters. The van der Waals surface area contributed by atoms with E-state index in [2.05, 4.69) is 33.9 Å². The van der Waals surface area contributed by atoms with Gasteiger partial charge in [-0.3, -0.25) is 14.4 Å². The lowest BCUT2D eigenvalue weighted by Gasteiger charge is -2.24. The molecule has 1 rings (SSSR count). The molecule has 7 N–H and O–H groups in total. The van der Waals surface area contributed by atoms with Crippen LogP contribution in [-0.2, 0) is 19.2 Å². The number of carbonyl (C=O) groups is 4. The second-order valence-corrected chi connectivity index (χ2v) is 8.77. The van der Waals surface area contributed by atoms with Gasteiger partial charge in [0.1, 0.15) is 18.1 Å². The zero-order valence-electron chi connectivity index (χ0n) is 17.9. The summed E-state index contributed by atoms with van der Waals surface area (Å²) in [6, 6.07) is -3.22. The first-order valence-electron chi connectivity index (χ1n) is 10.5. The van der Waals surface area contributed by atoms with Gasteiger partial charge in [0.25, 0.3) is 0 Å². The van der Waals surface area contributed by atoms with Gasteiger partial charge >= 0.3 is 5.97 Å². The average Bonchev–Trinajstić information content (AvgIpc) is 3.28. The molecule has 12 heteroatoms. The molecular weight excluding hydrogens is 442 g/mol. The van der Waals surface area contributed by atoms with Crippen LogP contribution in [0, 0.1) is 0 Å². The van der Waals surface area contributed by atoms with Crippen LogP contribution in [0.2, 0.25) is 0 Å². The Morgan fingerprint density at radius 3 is 2.32 bits per heavy atom. The predicted molar refractivity (Wildman–Crippen MR) is 124 cm³/mol. The smallest absolute Gasteiger partial charge is 0.326 e. The molecule has 1 aliphatic rings. The van der Waals surface area contributed by atoms with Crippen molar-refractivity contribution >= 4 is 48.1 Å². The summed E-state index contributed by atoms with van der Waals surface area (Å²) in [6.45, 7) is 1.19. The number of unbranched alkanes of at least 4 members (excludes halogenated alkanes) is 1. The monoisotopic (exact) mass is 477 g/mol. The highest BCUT2D eigenvalue weighted by atomic mass is 32.2. The third-order valence-corrected chi connectivity index (χ3v) is 6.01. The van der Waals surface area contributed by atoms with Crippen LogP contribution in [0.25, 0.3) is 0 Å². The van der Waals surface area contributed by atoms with Crippen molar-refractivity contribution in [2.24, 2.45) is 5.73 Å². The Kier molecular flexibility index (Phi) is 13.6. The van der Waals surface area contributed by atoms with Gasteiger partial charge < -0.3 is 32.1 Å². The van der Waals surface area contributed by atoms with Crippen LogP contribution in [0.1, 0.15) is 38.5 Å². The van der Waals surface area contributed by atoms with E-state index >= 15 is 0 Å². The first-order valence-corrected chi connectivity index (χ1v) is 12.5. The van der Waals surface area contributed by atoms with Gasteiger partial charge in [0.05, 0.1) is 6.04 Å². The van der Waals surface area contributed by atoms with Crippen molar-refractivity contribution in [2.45, 2.75) is 62.7 Å². The van der Waals surface area contributed by atoms with Crippen LogP contribution >= 0.6 is 24.4 Å². The molecule has 0 aromatic carbocycles. The van der Waals surface area contributed by atoms with Crippen LogP contribution in [-0.4, -0.2) is 83.8 Å². The third-order valence-electron chi connectivity index (χ3n) is 5.00. The molecule has 0 radical (unpaired) electrons. The van der Waals surface area contributed by atoms with Crippen molar-refractivity contribution in [3.63, 3.8) is 0 Å². The van der Waals surface area contributed by atoms with Gasteiger partial charge in [-0.2, -0.15) is 24.4 Å². The Balaban J connectivity index is 2.77. The quantitative estimate of drug-likeness (QED) is 0.118. The molecule has 1 heterocycles. The second kappa shape index (κ2) is 15.3. The van der Waals surface area contributed by atoms with E-state index in [-0.39, 0.29) is 24.1 Å². The Bertz CT molecular complexity index is 604. The van der Waals surface area contributed by atoms with Crippen molar-refractivity contribution in [3.8, 4) is 0 Å². The van der Waals surface area contributed by atoms with Gasteiger partial charge in [-0.05, 0) is 63.6 Å². The van der Waals surface area contributed by atoms with E-state index in [0.29, 0.717) is 38.0 Å². The highest BCUT2D eigenvalue weighted by molar-refractivity contribution is 7.98. The summed E-state index contributed by atoms with van der Waals surface area (Å²) < 4.78 is 0. The van der Waals surface area contributed by atoms with E-state index in [4.69, 9.17) is 5.73 Å². The maximum atomic E-state index is 12.7. The SMILES string of the molecule is CSCCC(NC(=O)C(CCCCN)NC(=O)C(CS)NC(=O)C1CCCN1)C(=O)O. The van der Waals surface area contributed by atoms with Crippen molar-refractivity contribution < 1.29 is 24.3 Å². The number of thiol groups is 1. The number of rotatable bonds is 15. The molecule has 0 aliphatic carbocycles. The summed E-state index contributed by atoms with van der Waals surface area (Å²) in [5.41, 5.74) is 5.52. The number of amides is 3. The Hall–Kier alpha value is -1.50. The minimum Gasteiger partial charge on any atom is -0.480 e. The number of aliphatic carboxylic acids is 1. The number of hydrogen-bond acceptors (Lipinski definition) is 8. The van der Waals surface area contributed by atoms with Crippen molar-refractivity contribution in [1.82, 2.24) is 21.3 Å². The normalized spacial score (nSPS) is 18.6. The van der Waals surface area contributed by atoms with Gasteiger partial charge in [0.2, 0.25) is 17.7 Å². The topological polar surface area (TPSA) is 163 Å². The number of hydrogen-bond donors (Lipinski definition) is 7. The molecule has 1 saturated heterocycles. The van der Waals surface area contributed by atoms with E-state index in [1.807, 2.05) is 6.26 Å². The number of carboxylic acids is 1. The summed E-state index contributed by atoms with van der Waals surface area (Å²) in [5.74, 6) is -1.87. The fourth-order valence-corrected chi connectivity index (χ4v) is 3.90. The van der Waals surface area contributed by atoms with Gasteiger partial charge in [0, 0.05) is 5.75 Å². The molecule has 178 valence electrons. The minimum atomic E-state index is -1.13. The highest BCUT2D eigenvalue weighted by Gasteiger charge is 2.30. The number of nitrogens with one attached hydrogen (secondary N) is 4. The van der Waals surface area contributed by atoms with Crippen LogP contribution in [0.5, 0.6) is 0 Å². The lowest BCUT2D eigenvalue weighted by atomic mass is 10.1. The minimum absolute atomic E-state index is 0.0624. The number of carboxylic acid groups (broad SMARTS) is 1. The van der Waals surface area contributed by atoms with Gasteiger partial charge in [-0.1, -0.05) is 0 Å². The molecule has 1 fully saturated rings. The van der Waals surface area contributed by atoms with Crippen LogP contribution < -0.4 is 27.0 Å². The fourth-order valence-electron chi connectivity index (χ4n) is 3.17. The van der Waals surface area contributed by atoms with Gasteiger partial charge in [0.15, 0.2) is 0 Å². The van der Waals surface area contributed by atoms with E-state index in [1.165, 1.54) is 11.8 Å². The lowest BCUT2D eigenvalue weighted by Crippen LogP contribution is -2.57. The molecule has 3 amide bonds. The van der Waals surface area contributed by atoms with Crippen molar-refractivity contribution in [3.05, 3.63) is 0 Å². The molecular formula is C19H35N5O5S2. The van der Waals surface area contributed by atoms with Crippen molar-refractivity contribution in [2.75, 3.05) is 30.9 Å². The number of nitrogens with two attached hydrogens (primary N) is 1. The molecule has 0 saturated carbocycles. The summed E-state index contributed by atoms with van der Waals surface area (Å²) >= 11 is 5.64. The van der Waals surface area contributed by atoms with E-state index in [1.54, 1.807) is 0 Å².